The molecule has 1 heterocycles. The molecule has 0 unspecified atom stereocenters. The van der Waals surface area contributed by atoms with Gasteiger partial charge in [0.15, 0.2) is 0 Å². The second-order valence-electron chi connectivity index (χ2n) is 6.09. The maximum absolute atomic E-state index is 12.6. The van der Waals surface area contributed by atoms with Crippen molar-refractivity contribution >= 4 is 18.2 Å². The van der Waals surface area contributed by atoms with Crippen molar-refractivity contribution in [3.63, 3.8) is 0 Å². The average Bonchev–Trinajstić information content (AvgIpc) is 2.65. The molecule has 6 nitrogen and oxygen atoms in total. The van der Waals surface area contributed by atoms with Crippen LogP contribution >= 0.6 is 0 Å². The third kappa shape index (κ3) is 4.34. The van der Waals surface area contributed by atoms with Crippen LogP contribution in [-0.4, -0.2) is 72.7 Å². The number of hydrogen-bond donors (Lipinski definition) is 0. The molecule has 1 aromatic carbocycles. The summed E-state index contributed by atoms with van der Waals surface area (Å²) >= 11 is 0. The molecule has 1 aliphatic heterocycles. The van der Waals surface area contributed by atoms with Gasteiger partial charge in [0.25, 0.3) is 11.8 Å². The van der Waals surface area contributed by atoms with E-state index in [1.54, 1.807) is 46.0 Å². The normalized spacial score (nSPS) is 14.4. The zero-order valence-corrected chi connectivity index (χ0v) is 14.4. The molecule has 0 spiro atoms. The summed E-state index contributed by atoms with van der Waals surface area (Å²) in [5.41, 5.74) is 1.05. The van der Waals surface area contributed by atoms with Gasteiger partial charge >= 0.3 is 0 Å². The molecule has 0 aromatic heterocycles. The SMILES string of the molecule is CCCCN(C)C(=O)c1cccc(C(=O)N2CCN(C=O)CC2)c1. The number of benzene rings is 1. The average molecular weight is 331 g/mol. The lowest BCUT2D eigenvalue weighted by atomic mass is 10.1. The van der Waals surface area contributed by atoms with Crippen LogP contribution in [0.5, 0.6) is 0 Å². The van der Waals surface area contributed by atoms with Crippen molar-refractivity contribution in [2.24, 2.45) is 0 Å². The first-order valence-corrected chi connectivity index (χ1v) is 8.41. The number of amides is 3. The summed E-state index contributed by atoms with van der Waals surface area (Å²) in [7, 11) is 1.78. The van der Waals surface area contributed by atoms with Gasteiger partial charge in [-0.3, -0.25) is 14.4 Å². The fourth-order valence-corrected chi connectivity index (χ4v) is 2.72. The molecule has 0 saturated carbocycles. The number of unbranched alkanes of at least 4 members (excludes halogenated alkanes) is 1. The summed E-state index contributed by atoms with van der Waals surface area (Å²) in [5, 5.41) is 0. The minimum atomic E-state index is -0.0913. The zero-order chi connectivity index (χ0) is 17.5. The van der Waals surface area contributed by atoms with Crippen molar-refractivity contribution < 1.29 is 14.4 Å². The molecule has 130 valence electrons. The lowest BCUT2D eigenvalue weighted by Crippen LogP contribution is -2.48. The summed E-state index contributed by atoms with van der Waals surface area (Å²) in [6.07, 6.45) is 2.80. The Morgan fingerprint density at radius 3 is 2.46 bits per heavy atom. The van der Waals surface area contributed by atoms with E-state index in [0.29, 0.717) is 43.9 Å². The van der Waals surface area contributed by atoms with Crippen LogP contribution in [0.1, 0.15) is 40.5 Å². The van der Waals surface area contributed by atoms with Crippen LogP contribution in [0.2, 0.25) is 0 Å². The number of carbonyl (C=O) groups excluding carboxylic acids is 3. The Hall–Kier alpha value is -2.37. The van der Waals surface area contributed by atoms with Crippen LogP contribution in [0.15, 0.2) is 24.3 Å². The molecule has 1 aromatic rings. The molecule has 1 saturated heterocycles. The van der Waals surface area contributed by atoms with Crippen molar-refractivity contribution in [1.29, 1.82) is 0 Å². The topological polar surface area (TPSA) is 60.9 Å². The van der Waals surface area contributed by atoms with Gasteiger partial charge in [0.05, 0.1) is 0 Å². The third-order valence-electron chi connectivity index (χ3n) is 4.30. The molecule has 3 amide bonds. The molecule has 0 aliphatic carbocycles. The molecular formula is C18H25N3O3. The maximum atomic E-state index is 12.6. The summed E-state index contributed by atoms with van der Waals surface area (Å²) in [4.78, 5) is 40.9. The molecular weight excluding hydrogens is 306 g/mol. The highest BCUT2D eigenvalue weighted by atomic mass is 16.2. The van der Waals surface area contributed by atoms with E-state index in [1.165, 1.54) is 0 Å². The van der Waals surface area contributed by atoms with E-state index in [-0.39, 0.29) is 11.8 Å². The van der Waals surface area contributed by atoms with Crippen LogP contribution in [0.3, 0.4) is 0 Å². The van der Waals surface area contributed by atoms with Gasteiger partial charge in [-0.05, 0) is 24.6 Å². The summed E-state index contributed by atoms with van der Waals surface area (Å²) in [6, 6.07) is 6.89. The van der Waals surface area contributed by atoms with Crippen molar-refractivity contribution in [3.8, 4) is 0 Å². The standard InChI is InChI=1S/C18H25N3O3/c1-3-4-8-19(2)17(23)15-6-5-7-16(13-15)18(24)21-11-9-20(14-22)10-12-21/h5-7,13-14H,3-4,8-12H2,1-2H3. The van der Waals surface area contributed by atoms with Gasteiger partial charge in [0, 0.05) is 50.9 Å². The van der Waals surface area contributed by atoms with Crippen molar-refractivity contribution in [2.75, 3.05) is 39.8 Å². The van der Waals surface area contributed by atoms with Gasteiger partial charge < -0.3 is 14.7 Å². The quantitative estimate of drug-likeness (QED) is 0.742. The lowest BCUT2D eigenvalue weighted by molar-refractivity contribution is -0.119. The molecule has 2 rings (SSSR count). The van der Waals surface area contributed by atoms with Crippen LogP contribution in [0.4, 0.5) is 0 Å². The summed E-state index contributed by atoms with van der Waals surface area (Å²) in [6.45, 7) is 4.93. The molecule has 0 radical (unpaired) electrons. The van der Waals surface area contributed by atoms with Crippen molar-refractivity contribution in [3.05, 3.63) is 35.4 Å². The van der Waals surface area contributed by atoms with Gasteiger partial charge in [-0.15, -0.1) is 0 Å². The Bertz CT molecular complexity index is 595. The molecule has 6 heteroatoms. The zero-order valence-electron chi connectivity index (χ0n) is 14.4. The van der Waals surface area contributed by atoms with Gasteiger partial charge in [-0.25, -0.2) is 0 Å². The lowest BCUT2D eigenvalue weighted by Gasteiger charge is -2.32. The fourth-order valence-electron chi connectivity index (χ4n) is 2.72. The first-order chi connectivity index (χ1) is 11.6. The summed E-state index contributed by atoms with van der Waals surface area (Å²) < 4.78 is 0. The minimum absolute atomic E-state index is 0.0659. The first kappa shape index (κ1) is 18.0. The molecule has 1 aliphatic rings. The Balaban J connectivity index is 2.05. The highest BCUT2D eigenvalue weighted by Gasteiger charge is 2.22. The van der Waals surface area contributed by atoms with Crippen LogP contribution in [0, 0.1) is 0 Å². The fraction of sp³-hybridized carbons (Fsp3) is 0.500. The largest absolute Gasteiger partial charge is 0.342 e. The Kier molecular flexibility index (Phi) is 6.35. The number of hydrogen-bond acceptors (Lipinski definition) is 3. The van der Waals surface area contributed by atoms with E-state index in [0.717, 1.165) is 19.3 Å². The van der Waals surface area contributed by atoms with E-state index >= 15 is 0 Å². The molecule has 0 N–H and O–H groups in total. The Morgan fingerprint density at radius 2 is 1.83 bits per heavy atom. The van der Waals surface area contributed by atoms with E-state index in [4.69, 9.17) is 0 Å². The van der Waals surface area contributed by atoms with Crippen LogP contribution in [0.25, 0.3) is 0 Å². The van der Waals surface area contributed by atoms with Gasteiger partial charge in [-0.1, -0.05) is 19.4 Å². The van der Waals surface area contributed by atoms with Gasteiger partial charge in [0.2, 0.25) is 6.41 Å². The number of rotatable bonds is 6. The number of piperazine rings is 1. The highest BCUT2D eigenvalue weighted by Crippen LogP contribution is 2.12. The number of carbonyl (C=O) groups is 3. The van der Waals surface area contributed by atoms with Crippen molar-refractivity contribution in [1.82, 2.24) is 14.7 Å². The Labute approximate surface area is 143 Å². The van der Waals surface area contributed by atoms with Crippen molar-refractivity contribution in [2.45, 2.75) is 19.8 Å². The van der Waals surface area contributed by atoms with Gasteiger partial charge in [-0.2, -0.15) is 0 Å². The van der Waals surface area contributed by atoms with Gasteiger partial charge in [0.1, 0.15) is 0 Å². The van der Waals surface area contributed by atoms with E-state index in [2.05, 4.69) is 6.92 Å². The second-order valence-corrected chi connectivity index (χ2v) is 6.09. The smallest absolute Gasteiger partial charge is 0.253 e. The van der Waals surface area contributed by atoms with Crippen LogP contribution in [-0.2, 0) is 4.79 Å². The predicted octanol–water partition coefficient (Wildman–Crippen LogP) is 1.47. The molecule has 1 fully saturated rings. The maximum Gasteiger partial charge on any atom is 0.253 e. The second kappa shape index (κ2) is 8.47. The third-order valence-corrected chi connectivity index (χ3v) is 4.30. The monoisotopic (exact) mass is 331 g/mol. The minimum Gasteiger partial charge on any atom is -0.342 e. The highest BCUT2D eigenvalue weighted by molar-refractivity contribution is 5.99. The predicted molar refractivity (Wildman–Crippen MR) is 91.9 cm³/mol. The Morgan fingerprint density at radius 1 is 1.17 bits per heavy atom. The molecule has 0 atom stereocenters. The molecule has 24 heavy (non-hydrogen) atoms. The van der Waals surface area contributed by atoms with E-state index in [9.17, 15) is 14.4 Å². The van der Waals surface area contributed by atoms with E-state index in [1.807, 2.05) is 0 Å². The first-order valence-electron chi connectivity index (χ1n) is 8.41. The number of nitrogens with zero attached hydrogens (tertiary/aromatic N) is 3. The van der Waals surface area contributed by atoms with Crippen LogP contribution < -0.4 is 0 Å². The molecule has 0 bridgehead atoms. The summed E-state index contributed by atoms with van der Waals surface area (Å²) in [5.74, 6) is -0.157. The van der Waals surface area contributed by atoms with E-state index < -0.39 is 0 Å².